The van der Waals surface area contributed by atoms with Gasteiger partial charge in [-0.15, -0.1) is 11.3 Å². The number of likely N-dealkylation sites (tertiary alicyclic amines) is 1. The molecule has 1 amide bonds. The predicted molar refractivity (Wildman–Crippen MR) is 123 cm³/mol. The largest absolute Gasteiger partial charge is 0.424 e. The number of thiazole rings is 1. The van der Waals surface area contributed by atoms with Crippen LogP contribution in [0.15, 0.2) is 52.9 Å². The second-order valence-corrected chi connectivity index (χ2v) is 9.14. The molecule has 6 nitrogen and oxygen atoms in total. The lowest BCUT2D eigenvalue weighted by atomic mass is 10.0. The Bertz CT molecular complexity index is 1220. The molecule has 32 heavy (non-hydrogen) atoms. The molecule has 8 heteroatoms. The lowest BCUT2D eigenvalue weighted by molar-refractivity contribution is 0.0623. The van der Waals surface area contributed by atoms with Crippen LogP contribution in [0.5, 0.6) is 0 Å². The molecular weight excluding hydrogens is 427 g/mol. The lowest BCUT2D eigenvalue weighted by Gasteiger charge is -2.35. The molecular formula is C24H23FN4O2S. The zero-order valence-corrected chi connectivity index (χ0v) is 18.5. The molecule has 0 radical (unpaired) electrons. The number of amides is 1. The smallest absolute Gasteiger partial charge is 0.295 e. The average molecular weight is 451 g/mol. The Morgan fingerprint density at radius 2 is 2.00 bits per heavy atom. The van der Waals surface area contributed by atoms with Gasteiger partial charge in [0.25, 0.3) is 11.9 Å². The topological polar surface area (TPSA) is 71.3 Å². The third-order valence-electron chi connectivity index (χ3n) is 5.71. The summed E-state index contributed by atoms with van der Waals surface area (Å²) in [5.41, 5.74) is 2.77. The van der Waals surface area contributed by atoms with Gasteiger partial charge in [0.05, 0.1) is 9.88 Å². The van der Waals surface area contributed by atoms with Crippen LogP contribution in [0.3, 0.4) is 0 Å². The van der Waals surface area contributed by atoms with E-state index in [1.54, 1.807) is 12.1 Å². The molecule has 0 saturated carbocycles. The minimum absolute atomic E-state index is 0.00864. The third kappa shape index (κ3) is 4.10. The molecule has 1 aliphatic heterocycles. The number of carbonyl (C=O) groups is 1. The van der Waals surface area contributed by atoms with E-state index in [9.17, 15) is 9.18 Å². The third-order valence-corrected chi connectivity index (χ3v) is 6.73. The Labute approximate surface area is 189 Å². The first-order valence-corrected chi connectivity index (χ1v) is 11.5. The van der Waals surface area contributed by atoms with Crippen LogP contribution in [0.4, 0.5) is 10.4 Å². The molecule has 3 heterocycles. The van der Waals surface area contributed by atoms with Crippen LogP contribution in [0, 0.1) is 12.7 Å². The maximum Gasteiger partial charge on any atom is 0.295 e. The van der Waals surface area contributed by atoms with E-state index in [2.05, 4.69) is 15.3 Å². The van der Waals surface area contributed by atoms with E-state index < -0.39 is 0 Å². The number of para-hydroxylation sites is 2. The molecule has 0 spiro atoms. The van der Waals surface area contributed by atoms with Gasteiger partial charge < -0.3 is 14.6 Å². The predicted octanol–water partition coefficient (Wildman–Crippen LogP) is 5.51. The number of aromatic nitrogens is 2. The highest BCUT2D eigenvalue weighted by Crippen LogP contribution is 2.32. The van der Waals surface area contributed by atoms with Gasteiger partial charge in [-0.2, -0.15) is 4.98 Å². The first-order chi connectivity index (χ1) is 15.6. The number of anilines is 1. The summed E-state index contributed by atoms with van der Waals surface area (Å²) < 4.78 is 19.2. The number of oxazole rings is 1. The molecule has 0 aliphatic carbocycles. The number of rotatable bonds is 5. The van der Waals surface area contributed by atoms with Crippen molar-refractivity contribution >= 4 is 34.4 Å². The summed E-state index contributed by atoms with van der Waals surface area (Å²) in [6.45, 7) is 3.11. The number of aryl methyl sites for hydroxylation is 1. The summed E-state index contributed by atoms with van der Waals surface area (Å²) in [6, 6.07) is 14.3. The number of fused-ring (bicyclic) bond motifs is 1. The zero-order valence-electron chi connectivity index (χ0n) is 17.7. The fraction of sp³-hybridized carbons (Fsp3) is 0.292. The number of nitrogens with zero attached hydrogens (tertiary/aromatic N) is 3. The van der Waals surface area contributed by atoms with Gasteiger partial charge in [-0.1, -0.05) is 24.3 Å². The van der Waals surface area contributed by atoms with Crippen molar-refractivity contribution in [3.63, 3.8) is 0 Å². The van der Waals surface area contributed by atoms with Gasteiger partial charge in [0.1, 0.15) is 17.0 Å². The van der Waals surface area contributed by atoms with Crippen molar-refractivity contribution in [2.45, 2.75) is 32.2 Å². The van der Waals surface area contributed by atoms with Gasteiger partial charge >= 0.3 is 0 Å². The second-order valence-electron chi connectivity index (χ2n) is 7.93. The Balaban J connectivity index is 1.36. The molecule has 1 N–H and O–H groups in total. The highest BCUT2D eigenvalue weighted by atomic mass is 32.1. The quantitative estimate of drug-likeness (QED) is 0.434. The first kappa shape index (κ1) is 20.6. The summed E-state index contributed by atoms with van der Waals surface area (Å²) in [7, 11) is 0. The molecule has 2 aromatic heterocycles. The van der Waals surface area contributed by atoms with E-state index in [0.29, 0.717) is 24.8 Å². The first-order valence-electron chi connectivity index (χ1n) is 10.7. The van der Waals surface area contributed by atoms with E-state index in [1.165, 1.54) is 23.5 Å². The molecule has 5 rings (SSSR count). The standard InChI is InChI=1S/C24H23FN4O2S/c1-15-27-21(22(32-15)16-9-11-17(25)12-10-16)23(30)29-13-5-4-6-18(29)14-26-24-28-19-7-2-3-8-20(19)31-24/h2-3,7-12,18H,4-6,13-14H2,1H3,(H,26,28)/t18-/m0/s1. The minimum atomic E-state index is -0.302. The van der Waals surface area contributed by atoms with Gasteiger partial charge in [0.15, 0.2) is 5.58 Å². The number of benzene rings is 2. The Morgan fingerprint density at radius 3 is 2.81 bits per heavy atom. The Hall–Kier alpha value is -3.26. The summed E-state index contributed by atoms with van der Waals surface area (Å²) in [6.07, 6.45) is 2.92. The molecule has 1 atom stereocenters. The summed E-state index contributed by atoms with van der Waals surface area (Å²) in [4.78, 5) is 25.3. The van der Waals surface area contributed by atoms with Crippen LogP contribution in [0.25, 0.3) is 21.5 Å². The van der Waals surface area contributed by atoms with Crippen molar-refractivity contribution in [2.24, 2.45) is 0 Å². The van der Waals surface area contributed by atoms with E-state index in [4.69, 9.17) is 4.42 Å². The number of halogens is 1. The molecule has 0 unspecified atom stereocenters. The SMILES string of the molecule is Cc1nc(C(=O)N2CCCC[C@H]2CNc2nc3ccccc3o2)c(-c2ccc(F)cc2)s1. The number of hydrogen-bond donors (Lipinski definition) is 1. The molecule has 1 saturated heterocycles. The average Bonchev–Trinajstić information content (AvgIpc) is 3.41. The summed E-state index contributed by atoms with van der Waals surface area (Å²) in [5, 5.41) is 4.08. The van der Waals surface area contributed by atoms with E-state index in [-0.39, 0.29) is 17.8 Å². The van der Waals surface area contributed by atoms with Crippen LogP contribution >= 0.6 is 11.3 Å². The highest BCUT2D eigenvalue weighted by molar-refractivity contribution is 7.15. The van der Waals surface area contributed by atoms with Crippen molar-refractivity contribution in [3.05, 3.63) is 65.0 Å². The minimum Gasteiger partial charge on any atom is -0.424 e. The summed E-state index contributed by atoms with van der Waals surface area (Å²) in [5.74, 6) is -0.387. The molecule has 2 aromatic carbocycles. The van der Waals surface area contributed by atoms with Gasteiger partial charge in [0.2, 0.25) is 0 Å². The number of hydrogen-bond acceptors (Lipinski definition) is 6. The fourth-order valence-corrected chi connectivity index (χ4v) is 5.05. The Kier molecular flexibility index (Phi) is 5.61. The molecule has 164 valence electrons. The van der Waals surface area contributed by atoms with Crippen LogP contribution in [-0.2, 0) is 0 Å². The maximum absolute atomic E-state index is 13.6. The monoisotopic (exact) mass is 450 g/mol. The lowest BCUT2D eigenvalue weighted by Crippen LogP contribution is -2.47. The Morgan fingerprint density at radius 1 is 1.19 bits per heavy atom. The van der Waals surface area contributed by atoms with Crippen molar-refractivity contribution in [2.75, 3.05) is 18.4 Å². The van der Waals surface area contributed by atoms with Crippen molar-refractivity contribution in [1.29, 1.82) is 0 Å². The highest BCUT2D eigenvalue weighted by Gasteiger charge is 2.31. The van der Waals surface area contributed by atoms with E-state index >= 15 is 0 Å². The number of carbonyl (C=O) groups excluding carboxylic acids is 1. The van der Waals surface area contributed by atoms with Gasteiger partial charge in [-0.3, -0.25) is 4.79 Å². The van der Waals surface area contributed by atoms with Crippen LogP contribution in [-0.4, -0.2) is 39.9 Å². The van der Waals surface area contributed by atoms with Gasteiger partial charge in [-0.05, 0) is 56.0 Å². The van der Waals surface area contributed by atoms with Crippen molar-refractivity contribution in [3.8, 4) is 10.4 Å². The van der Waals surface area contributed by atoms with Gasteiger partial charge in [-0.25, -0.2) is 9.37 Å². The molecule has 4 aromatic rings. The molecule has 0 bridgehead atoms. The fourth-order valence-electron chi connectivity index (χ4n) is 4.14. The van der Waals surface area contributed by atoms with Gasteiger partial charge in [0, 0.05) is 19.1 Å². The summed E-state index contributed by atoms with van der Waals surface area (Å²) >= 11 is 1.46. The van der Waals surface area contributed by atoms with E-state index in [1.807, 2.05) is 36.1 Å². The van der Waals surface area contributed by atoms with Crippen LogP contribution in [0.2, 0.25) is 0 Å². The maximum atomic E-state index is 13.6. The zero-order chi connectivity index (χ0) is 22.1. The van der Waals surface area contributed by atoms with Crippen molar-refractivity contribution in [1.82, 2.24) is 14.9 Å². The molecule has 1 aliphatic rings. The van der Waals surface area contributed by atoms with Crippen LogP contribution < -0.4 is 5.32 Å². The number of nitrogens with one attached hydrogen (secondary N) is 1. The molecule has 1 fully saturated rings. The van der Waals surface area contributed by atoms with Crippen LogP contribution in [0.1, 0.15) is 34.8 Å². The second kappa shape index (κ2) is 8.70. The number of piperidine rings is 1. The van der Waals surface area contributed by atoms with Crippen molar-refractivity contribution < 1.29 is 13.6 Å². The normalized spacial score (nSPS) is 16.4. The van der Waals surface area contributed by atoms with E-state index in [0.717, 1.165) is 45.8 Å².